The maximum absolute atomic E-state index is 11.9. The summed E-state index contributed by atoms with van der Waals surface area (Å²) in [7, 11) is 0. The first kappa shape index (κ1) is 18.9. The molecule has 0 saturated carbocycles. The predicted octanol–water partition coefficient (Wildman–Crippen LogP) is 4.81. The molecule has 1 aromatic heterocycles. The van der Waals surface area contributed by atoms with Crippen LogP contribution in [0.2, 0.25) is 0 Å². The molecule has 0 fully saturated rings. The molecule has 0 amide bonds. The number of rotatable bonds is 3. The second-order valence-electron chi connectivity index (χ2n) is 5.33. The minimum atomic E-state index is 0. The van der Waals surface area contributed by atoms with Crippen molar-refractivity contribution >= 4 is 22.8 Å². The van der Waals surface area contributed by atoms with Gasteiger partial charge in [-0.2, -0.15) is 12.2 Å². The Labute approximate surface area is 158 Å². The third-order valence-electron chi connectivity index (χ3n) is 3.66. The minimum Gasteiger partial charge on any atom is -0.311 e. The van der Waals surface area contributed by atoms with E-state index in [2.05, 4.69) is 23.2 Å². The van der Waals surface area contributed by atoms with Crippen LogP contribution in [0.15, 0.2) is 78.6 Å². The van der Waals surface area contributed by atoms with Crippen LogP contribution >= 0.6 is 0 Å². The van der Waals surface area contributed by atoms with Crippen molar-refractivity contribution in [1.29, 1.82) is 0 Å². The third-order valence-corrected chi connectivity index (χ3v) is 3.66. The number of hydrogen-bond donors (Lipinski definition) is 0. The largest absolute Gasteiger partial charge is 2.00 e. The van der Waals surface area contributed by atoms with Crippen molar-refractivity contribution in [2.24, 2.45) is 0 Å². The SMILES string of the molecule is O=C(/C=C/c1ccnc2ccccc12)C1=CC[C-]=C1.[C-]1=CC=CC1.[Fe+2]. The van der Waals surface area contributed by atoms with E-state index in [1.54, 1.807) is 18.3 Å². The summed E-state index contributed by atoms with van der Waals surface area (Å²) in [5.74, 6) is 0.0193. The van der Waals surface area contributed by atoms with Crippen LogP contribution in [0.1, 0.15) is 18.4 Å². The van der Waals surface area contributed by atoms with Crippen LogP contribution in [0.5, 0.6) is 0 Å². The van der Waals surface area contributed by atoms with E-state index in [9.17, 15) is 4.79 Å². The molecule has 1 aromatic carbocycles. The zero-order chi connectivity index (χ0) is 16.6. The molecular formula is C22H17FeNO. The van der Waals surface area contributed by atoms with Crippen LogP contribution in [-0.2, 0) is 21.9 Å². The Morgan fingerprint density at radius 1 is 1.12 bits per heavy atom. The molecule has 0 unspecified atom stereocenters. The second-order valence-corrected chi connectivity index (χ2v) is 5.33. The number of hydrogen-bond acceptors (Lipinski definition) is 2. The molecule has 0 aliphatic heterocycles. The van der Waals surface area contributed by atoms with E-state index in [0.717, 1.165) is 34.9 Å². The van der Waals surface area contributed by atoms with Gasteiger partial charge in [-0.15, -0.1) is 18.4 Å². The molecule has 124 valence electrons. The number of carbonyl (C=O) groups is 1. The van der Waals surface area contributed by atoms with Crippen LogP contribution in [0, 0.1) is 12.2 Å². The zero-order valence-corrected chi connectivity index (χ0v) is 14.7. The number of allylic oxidation sites excluding steroid dienone is 9. The molecule has 3 heteroatoms. The summed E-state index contributed by atoms with van der Waals surface area (Å²) < 4.78 is 0. The molecule has 25 heavy (non-hydrogen) atoms. The Morgan fingerprint density at radius 2 is 2.00 bits per heavy atom. The molecule has 2 aromatic rings. The Balaban J connectivity index is 0.000000325. The molecule has 1 heterocycles. The van der Waals surface area contributed by atoms with Crippen molar-refractivity contribution in [2.75, 3.05) is 0 Å². The summed E-state index contributed by atoms with van der Waals surface area (Å²) in [6.45, 7) is 0. The third kappa shape index (κ3) is 5.25. The monoisotopic (exact) mass is 367 g/mol. The van der Waals surface area contributed by atoms with Crippen LogP contribution in [0.25, 0.3) is 17.0 Å². The van der Waals surface area contributed by atoms with Gasteiger partial charge in [-0.1, -0.05) is 24.3 Å². The maximum Gasteiger partial charge on any atom is 2.00 e. The van der Waals surface area contributed by atoms with Crippen LogP contribution in [0.3, 0.4) is 0 Å². The van der Waals surface area contributed by atoms with Gasteiger partial charge in [0.1, 0.15) is 5.78 Å². The van der Waals surface area contributed by atoms with Crippen LogP contribution in [-0.4, -0.2) is 10.8 Å². The van der Waals surface area contributed by atoms with E-state index in [1.165, 1.54) is 0 Å². The molecule has 0 radical (unpaired) electrons. The summed E-state index contributed by atoms with van der Waals surface area (Å²) in [6.07, 6.45) is 22.6. The summed E-state index contributed by atoms with van der Waals surface area (Å²) in [4.78, 5) is 16.2. The Hall–Kier alpha value is -2.48. The number of carbonyl (C=O) groups excluding carboxylic acids is 1. The normalized spacial score (nSPS) is 14.3. The van der Waals surface area contributed by atoms with Crippen LogP contribution < -0.4 is 0 Å². The quantitative estimate of drug-likeness (QED) is 0.443. The molecular weight excluding hydrogens is 350 g/mol. The average molecular weight is 367 g/mol. The number of ketones is 1. The van der Waals surface area contributed by atoms with E-state index in [-0.39, 0.29) is 22.9 Å². The smallest absolute Gasteiger partial charge is 0.311 e. The molecule has 0 atom stereocenters. The fraction of sp³-hybridized carbons (Fsp3) is 0.0909. The van der Waals surface area contributed by atoms with E-state index in [0.29, 0.717) is 0 Å². The van der Waals surface area contributed by atoms with E-state index in [4.69, 9.17) is 0 Å². The Bertz CT molecular complexity index is 873. The maximum atomic E-state index is 11.9. The van der Waals surface area contributed by atoms with Gasteiger partial charge in [0.15, 0.2) is 0 Å². The van der Waals surface area contributed by atoms with E-state index in [1.807, 2.05) is 54.6 Å². The average Bonchev–Trinajstić information content (AvgIpc) is 3.36. The number of aromatic nitrogens is 1. The first-order valence-electron chi connectivity index (χ1n) is 7.89. The molecule has 4 rings (SSSR count). The van der Waals surface area contributed by atoms with Crippen LogP contribution in [0.4, 0.5) is 0 Å². The standard InChI is InChI=1S/C17H12NO.C5H5.Fe/c19-17(14-5-1-2-6-14)10-9-13-11-12-18-16-8-4-3-7-15(13)16;1-2-4-5-3-1;/h3-12H,1H2;1-3H,4H2;/q2*-1;+2/b10-9+;;. The molecule has 2 nitrogen and oxygen atoms in total. The van der Waals surface area contributed by atoms with Gasteiger partial charge in [-0.3, -0.25) is 17.1 Å². The number of fused-ring (bicyclic) bond motifs is 1. The number of benzene rings is 1. The molecule has 2 aliphatic rings. The van der Waals surface area contributed by atoms with Crippen molar-refractivity contribution in [3.05, 3.63) is 96.3 Å². The first-order chi connectivity index (χ1) is 11.8. The zero-order valence-electron chi connectivity index (χ0n) is 13.6. The van der Waals surface area contributed by atoms with Gasteiger partial charge in [0, 0.05) is 11.6 Å². The van der Waals surface area contributed by atoms with Gasteiger partial charge in [0.25, 0.3) is 0 Å². The summed E-state index contributed by atoms with van der Waals surface area (Å²) in [6, 6.07) is 9.82. The van der Waals surface area contributed by atoms with Gasteiger partial charge < -0.3 is 4.79 Å². The number of para-hydroxylation sites is 1. The Morgan fingerprint density at radius 3 is 2.68 bits per heavy atom. The van der Waals surface area contributed by atoms with E-state index >= 15 is 0 Å². The van der Waals surface area contributed by atoms with Crippen molar-refractivity contribution in [1.82, 2.24) is 4.98 Å². The van der Waals surface area contributed by atoms with Gasteiger partial charge >= 0.3 is 17.1 Å². The van der Waals surface area contributed by atoms with Crippen molar-refractivity contribution in [2.45, 2.75) is 12.8 Å². The molecule has 2 aliphatic carbocycles. The summed E-state index contributed by atoms with van der Waals surface area (Å²) in [5.41, 5.74) is 2.66. The predicted molar refractivity (Wildman–Crippen MR) is 97.9 cm³/mol. The number of pyridine rings is 1. The van der Waals surface area contributed by atoms with Gasteiger partial charge in [0.2, 0.25) is 0 Å². The Kier molecular flexibility index (Phi) is 7.34. The van der Waals surface area contributed by atoms with E-state index < -0.39 is 0 Å². The fourth-order valence-electron chi connectivity index (χ4n) is 2.43. The fourth-order valence-corrected chi connectivity index (χ4v) is 2.43. The van der Waals surface area contributed by atoms with Crippen molar-refractivity contribution in [3.8, 4) is 0 Å². The van der Waals surface area contributed by atoms with Crippen molar-refractivity contribution < 1.29 is 21.9 Å². The molecule has 0 spiro atoms. The van der Waals surface area contributed by atoms with Gasteiger partial charge in [0.05, 0.1) is 5.52 Å². The molecule has 0 saturated heterocycles. The summed E-state index contributed by atoms with van der Waals surface area (Å²) in [5, 5.41) is 1.05. The minimum absolute atomic E-state index is 0. The van der Waals surface area contributed by atoms with Crippen molar-refractivity contribution in [3.63, 3.8) is 0 Å². The second kappa shape index (κ2) is 9.73. The number of nitrogens with zero attached hydrogens (tertiary/aromatic N) is 1. The molecule has 0 N–H and O–H groups in total. The summed E-state index contributed by atoms with van der Waals surface area (Å²) >= 11 is 0. The molecule has 0 bridgehead atoms. The first-order valence-corrected chi connectivity index (χ1v) is 7.89. The van der Waals surface area contributed by atoms with Gasteiger partial charge in [-0.05, 0) is 23.8 Å². The topological polar surface area (TPSA) is 30.0 Å². The van der Waals surface area contributed by atoms with Gasteiger partial charge in [-0.25, -0.2) is 18.2 Å².